The van der Waals surface area contributed by atoms with Gasteiger partial charge in [-0.25, -0.2) is 27.8 Å². The van der Waals surface area contributed by atoms with Crippen molar-refractivity contribution < 1.29 is 13.2 Å². The van der Waals surface area contributed by atoms with Gasteiger partial charge in [-0.3, -0.25) is 9.58 Å². The summed E-state index contributed by atoms with van der Waals surface area (Å²) in [5.41, 5.74) is 7.34. The number of benzene rings is 1. The van der Waals surface area contributed by atoms with Crippen LogP contribution < -0.4 is 0 Å². The first-order chi connectivity index (χ1) is 18.2. The maximum Gasteiger partial charge on any atom is 0.272 e. The highest BCUT2D eigenvalue weighted by Gasteiger charge is 2.44. The normalized spacial score (nSPS) is 17.1. The van der Waals surface area contributed by atoms with E-state index in [1.165, 1.54) is 31.3 Å². The summed E-state index contributed by atoms with van der Waals surface area (Å²) in [6.45, 7) is 6.75. The monoisotopic (exact) mass is 521 g/mol. The van der Waals surface area contributed by atoms with E-state index in [0.717, 1.165) is 51.7 Å². The molecule has 1 saturated heterocycles. The van der Waals surface area contributed by atoms with Crippen LogP contribution in [0.3, 0.4) is 0 Å². The zero-order chi connectivity index (χ0) is 26.6. The fraction of sp³-hybridized carbons (Fsp3) is 0.429. The molecule has 1 aliphatic heterocycles. The third-order valence-electron chi connectivity index (χ3n) is 7.57. The fourth-order valence-electron chi connectivity index (χ4n) is 5.23. The highest BCUT2D eigenvalue weighted by molar-refractivity contribution is 5.64. The Morgan fingerprint density at radius 3 is 2.42 bits per heavy atom. The van der Waals surface area contributed by atoms with Gasteiger partial charge in [0.1, 0.15) is 12.1 Å². The molecule has 10 heteroatoms. The lowest BCUT2D eigenvalue weighted by atomic mass is 10.0. The van der Waals surface area contributed by atoms with E-state index in [0.29, 0.717) is 24.7 Å². The molecule has 1 aromatic carbocycles. The molecule has 7 nitrogen and oxygen atoms in total. The highest BCUT2D eigenvalue weighted by Crippen LogP contribution is 2.34. The third-order valence-corrected chi connectivity index (χ3v) is 7.57. The van der Waals surface area contributed by atoms with Crippen molar-refractivity contribution >= 4 is 0 Å². The van der Waals surface area contributed by atoms with Crippen molar-refractivity contribution in [3.05, 3.63) is 76.4 Å². The van der Waals surface area contributed by atoms with Crippen LogP contribution in [0.25, 0.3) is 17.1 Å². The van der Waals surface area contributed by atoms with E-state index in [2.05, 4.69) is 26.7 Å². The predicted octanol–water partition coefficient (Wildman–Crippen LogP) is 5.04. The second-order valence-corrected chi connectivity index (χ2v) is 10.7. The molecule has 0 spiro atoms. The van der Waals surface area contributed by atoms with Gasteiger partial charge >= 0.3 is 0 Å². The van der Waals surface area contributed by atoms with E-state index in [1.54, 1.807) is 21.7 Å². The molecule has 0 atom stereocenters. The van der Waals surface area contributed by atoms with E-state index in [4.69, 9.17) is 5.10 Å². The number of alkyl halides is 2. The Kier molecular flexibility index (Phi) is 6.09. The van der Waals surface area contributed by atoms with Gasteiger partial charge in [0.15, 0.2) is 5.82 Å². The maximum absolute atomic E-state index is 13.5. The summed E-state index contributed by atoms with van der Waals surface area (Å²) >= 11 is 0. The number of aromatic nitrogens is 6. The summed E-state index contributed by atoms with van der Waals surface area (Å²) in [4.78, 5) is 10.7. The molecule has 0 N–H and O–H groups in total. The summed E-state index contributed by atoms with van der Waals surface area (Å²) in [6.07, 6.45) is 4.51. The molecule has 4 heterocycles. The largest absolute Gasteiger partial charge is 0.287 e. The lowest BCUT2D eigenvalue weighted by Crippen LogP contribution is -2.55. The van der Waals surface area contributed by atoms with Crippen LogP contribution in [-0.2, 0) is 19.5 Å². The van der Waals surface area contributed by atoms with Crippen LogP contribution >= 0.6 is 0 Å². The van der Waals surface area contributed by atoms with Crippen molar-refractivity contribution in [3.63, 3.8) is 0 Å². The summed E-state index contributed by atoms with van der Waals surface area (Å²) in [5, 5.41) is 9.60. The van der Waals surface area contributed by atoms with Crippen LogP contribution in [0.2, 0.25) is 0 Å². The Labute approximate surface area is 219 Å². The lowest BCUT2D eigenvalue weighted by molar-refractivity contribution is -0.134. The van der Waals surface area contributed by atoms with E-state index in [-0.39, 0.29) is 18.9 Å². The van der Waals surface area contributed by atoms with Crippen LogP contribution in [0, 0.1) is 32.5 Å². The van der Waals surface area contributed by atoms with Crippen LogP contribution in [0.15, 0.2) is 36.7 Å². The molecule has 1 saturated carbocycles. The minimum atomic E-state index is -2.60. The number of hydrogen-bond donors (Lipinski definition) is 0. The zero-order valence-electron chi connectivity index (χ0n) is 21.8. The van der Waals surface area contributed by atoms with Crippen molar-refractivity contribution in [2.45, 2.75) is 59.0 Å². The SMILES string of the molecule is Cc1nn(-c2cc(Cc3c(C)c(-c4ccc(F)cc4)nn3CC3CC3)ncn2)c(C)c1CN1CC(F)(F)C1. The first-order valence-corrected chi connectivity index (χ1v) is 13.0. The quantitative estimate of drug-likeness (QED) is 0.325. The molecule has 3 aromatic heterocycles. The van der Waals surface area contributed by atoms with E-state index in [9.17, 15) is 13.2 Å². The van der Waals surface area contributed by atoms with Crippen LogP contribution in [-0.4, -0.2) is 53.4 Å². The number of halogens is 3. The van der Waals surface area contributed by atoms with Crippen LogP contribution in [0.4, 0.5) is 13.2 Å². The van der Waals surface area contributed by atoms with Crippen LogP contribution in [0.1, 0.15) is 46.7 Å². The fourth-order valence-corrected chi connectivity index (χ4v) is 5.23. The number of nitrogens with zero attached hydrogens (tertiary/aromatic N) is 7. The minimum absolute atomic E-state index is 0.220. The third kappa shape index (κ3) is 4.84. The Balaban J connectivity index is 1.29. The van der Waals surface area contributed by atoms with Gasteiger partial charge < -0.3 is 0 Å². The van der Waals surface area contributed by atoms with E-state index < -0.39 is 5.92 Å². The highest BCUT2D eigenvalue weighted by atomic mass is 19.3. The summed E-state index contributed by atoms with van der Waals surface area (Å²) in [5.74, 6) is -1.59. The molecule has 0 radical (unpaired) electrons. The van der Waals surface area contributed by atoms with E-state index in [1.807, 2.05) is 19.9 Å². The topological polar surface area (TPSA) is 64.7 Å². The Morgan fingerprint density at radius 1 is 1.00 bits per heavy atom. The van der Waals surface area contributed by atoms with Gasteiger partial charge in [0.25, 0.3) is 5.92 Å². The van der Waals surface area contributed by atoms with Gasteiger partial charge in [-0.05, 0) is 69.4 Å². The molecule has 2 aliphatic rings. The van der Waals surface area contributed by atoms with Crippen molar-refractivity contribution in [1.82, 2.24) is 34.4 Å². The second-order valence-electron chi connectivity index (χ2n) is 10.7. The number of aryl methyl sites for hydroxylation is 1. The van der Waals surface area contributed by atoms with Gasteiger partial charge in [0, 0.05) is 48.1 Å². The number of likely N-dealkylation sites (tertiary alicyclic amines) is 1. The van der Waals surface area contributed by atoms with E-state index >= 15 is 0 Å². The maximum atomic E-state index is 13.5. The first kappa shape index (κ1) is 24.8. The average molecular weight is 522 g/mol. The van der Waals surface area contributed by atoms with Crippen molar-refractivity contribution in [2.75, 3.05) is 13.1 Å². The lowest BCUT2D eigenvalue weighted by Gasteiger charge is -2.38. The molecule has 6 rings (SSSR count). The van der Waals surface area contributed by atoms with Gasteiger partial charge in [-0.1, -0.05) is 0 Å². The average Bonchev–Trinajstić information content (AvgIpc) is 3.58. The van der Waals surface area contributed by atoms with Gasteiger partial charge in [0.05, 0.1) is 30.2 Å². The summed E-state index contributed by atoms with van der Waals surface area (Å²) in [6, 6.07) is 8.37. The van der Waals surface area contributed by atoms with Gasteiger partial charge in [-0.2, -0.15) is 10.2 Å². The van der Waals surface area contributed by atoms with Crippen molar-refractivity contribution in [2.24, 2.45) is 5.92 Å². The number of rotatable bonds is 8. The van der Waals surface area contributed by atoms with Crippen molar-refractivity contribution in [3.8, 4) is 17.1 Å². The molecule has 0 unspecified atom stereocenters. The summed E-state index contributed by atoms with van der Waals surface area (Å²) in [7, 11) is 0. The second kappa shape index (κ2) is 9.34. The first-order valence-electron chi connectivity index (χ1n) is 13.0. The van der Waals surface area contributed by atoms with Gasteiger partial charge in [-0.15, -0.1) is 0 Å². The van der Waals surface area contributed by atoms with Gasteiger partial charge in [0.2, 0.25) is 0 Å². The Hall–Kier alpha value is -3.53. The van der Waals surface area contributed by atoms with Crippen LogP contribution in [0.5, 0.6) is 0 Å². The van der Waals surface area contributed by atoms with Crippen molar-refractivity contribution in [1.29, 1.82) is 0 Å². The molecule has 0 amide bonds. The molecular weight excluding hydrogens is 491 g/mol. The molecular formula is C28H30F3N7. The predicted molar refractivity (Wildman–Crippen MR) is 137 cm³/mol. The molecule has 38 heavy (non-hydrogen) atoms. The summed E-state index contributed by atoms with van der Waals surface area (Å²) < 4.78 is 44.0. The minimum Gasteiger partial charge on any atom is -0.287 e. The molecule has 4 aromatic rings. The molecule has 1 aliphatic carbocycles. The standard InChI is InChI=1S/C28H30F3N7/c1-17-25(37(12-20-4-5-20)35-27(17)21-6-8-22(29)9-7-21)10-23-11-26(33-16-32-23)38-19(3)24(18(2)34-38)13-36-14-28(30,31)15-36/h6-9,11,16,20H,4-5,10,12-15H2,1-3H3. The smallest absolute Gasteiger partial charge is 0.272 e. The molecule has 0 bridgehead atoms. The molecule has 198 valence electrons. The zero-order valence-corrected chi connectivity index (χ0v) is 21.8. The Morgan fingerprint density at radius 2 is 1.74 bits per heavy atom. The molecule has 2 fully saturated rings. The Bertz CT molecular complexity index is 1480. The number of hydrogen-bond acceptors (Lipinski definition) is 5.